The fraction of sp³-hybridized carbons (Fsp3) is 0.636. The van der Waals surface area contributed by atoms with Crippen molar-refractivity contribution in [1.29, 1.82) is 0 Å². The van der Waals surface area contributed by atoms with Crippen molar-refractivity contribution < 1.29 is 23.8 Å². The molecule has 0 radical (unpaired) electrons. The first-order valence-corrected chi connectivity index (χ1v) is 11.6. The van der Waals surface area contributed by atoms with E-state index in [0.29, 0.717) is 39.1 Å². The molecule has 0 bridgehead atoms. The van der Waals surface area contributed by atoms with Crippen LogP contribution in [0.4, 0.5) is 0 Å². The Balaban J connectivity index is 1.94. The molecule has 0 aliphatic carbocycles. The minimum Gasteiger partial charge on any atom is -0.497 e. The van der Waals surface area contributed by atoms with Gasteiger partial charge in [-0.1, -0.05) is 12.1 Å². The summed E-state index contributed by atoms with van der Waals surface area (Å²) in [7, 11) is 3.33. The molecule has 168 valence electrons. The zero-order chi connectivity index (χ0) is 21.8. The van der Waals surface area contributed by atoms with E-state index in [1.54, 1.807) is 32.9 Å². The summed E-state index contributed by atoms with van der Waals surface area (Å²) in [6.45, 7) is 5.39. The van der Waals surface area contributed by atoms with Gasteiger partial charge in [0.25, 0.3) is 0 Å². The minimum absolute atomic E-state index is 0.0313. The van der Waals surface area contributed by atoms with Gasteiger partial charge < -0.3 is 19.1 Å². The molecule has 1 fully saturated rings. The first kappa shape index (κ1) is 24.5. The standard InChI is InChI=1S/C22H34N2O5S/c1-4-29-21(26)7-5-12-23(13-6-15-27-2)17-20(25)24-14-16-30-22(24)18-8-10-19(28-3)11-9-18/h8-11,22H,4-7,12-17H2,1-3H3/t22-/m1/s1. The third-order valence-corrected chi connectivity index (χ3v) is 6.22. The quantitative estimate of drug-likeness (QED) is 0.346. The van der Waals surface area contributed by atoms with Gasteiger partial charge in [-0.25, -0.2) is 0 Å². The number of amides is 1. The number of methoxy groups -OCH3 is 2. The number of hydrogen-bond acceptors (Lipinski definition) is 7. The van der Waals surface area contributed by atoms with Crippen LogP contribution >= 0.6 is 11.8 Å². The van der Waals surface area contributed by atoms with Gasteiger partial charge in [0.1, 0.15) is 11.1 Å². The van der Waals surface area contributed by atoms with Gasteiger partial charge in [0.05, 0.1) is 20.3 Å². The molecule has 0 aromatic heterocycles. The van der Waals surface area contributed by atoms with E-state index in [-0.39, 0.29) is 17.3 Å². The summed E-state index contributed by atoms with van der Waals surface area (Å²) in [6.07, 6.45) is 1.90. The van der Waals surface area contributed by atoms with E-state index in [0.717, 1.165) is 36.6 Å². The molecule has 0 unspecified atom stereocenters. The Labute approximate surface area is 184 Å². The molecular weight excluding hydrogens is 404 g/mol. The molecule has 8 heteroatoms. The number of ether oxygens (including phenoxy) is 3. The number of rotatable bonds is 13. The van der Waals surface area contributed by atoms with Crippen LogP contribution in [-0.4, -0.2) is 81.0 Å². The maximum Gasteiger partial charge on any atom is 0.305 e. The third kappa shape index (κ3) is 7.81. The lowest BCUT2D eigenvalue weighted by Gasteiger charge is -2.28. The highest BCUT2D eigenvalue weighted by molar-refractivity contribution is 7.99. The number of esters is 1. The molecule has 1 aliphatic heterocycles. The van der Waals surface area contributed by atoms with Crippen molar-refractivity contribution in [3.05, 3.63) is 29.8 Å². The average molecular weight is 439 g/mol. The number of carbonyl (C=O) groups excluding carboxylic acids is 2. The smallest absolute Gasteiger partial charge is 0.305 e. The number of benzene rings is 1. The molecule has 1 atom stereocenters. The molecule has 1 aliphatic rings. The molecule has 0 spiro atoms. The van der Waals surface area contributed by atoms with Crippen LogP contribution in [0.25, 0.3) is 0 Å². The van der Waals surface area contributed by atoms with Gasteiger partial charge >= 0.3 is 5.97 Å². The van der Waals surface area contributed by atoms with E-state index >= 15 is 0 Å². The molecule has 2 rings (SSSR count). The van der Waals surface area contributed by atoms with Crippen molar-refractivity contribution in [3.63, 3.8) is 0 Å². The van der Waals surface area contributed by atoms with Crippen LogP contribution in [0, 0.1) is 0 Å². The van der Waals surface area contributed by atoms with Crippen LogP contribution in [-0.2, 0) is 19.1 Å². The number of nitrogens with zero attached hydrogens (tertiary/aromatic N) is 2. The summed E-state index contributed by atoms with van der Waals surface area (Å²) in [6, 6.07) is 7.92. The summed E-state index contributed by atoms with van der Waals surface area (Å²) in [5, 5.41) is 0.0313. The van der Waals surface area contributed by atoms with Crippen molar-refractivity contribution in [2.45, 2.75) is 31.6 Å². The second kappa shape index (κ2) is 13.5. The predicted molar refractivity (Wildman–Crippen MR) is 119 cm³/mol. The first-order valence-electron chi connectivity index (χ1n) is 10.5. The first-order chi connectivity index (χ1) is 14.6. The van der Waals surface area contributed by atoms with Gasteiger partial charge in [0, 0.05) is 39.0 Å². The Morgan fingerprint density at radius 1 is 1.17 bits per heavy atom. The van der Waals surface area contributed by atoms with Crippen molar-refractivity contribution in [2.75, 3.05) is 59.4 Å². The normalized spacial score (nSPS) is 16.1. The Morgan fingerprint density at radius 2 is 1.90 bits per heavy atom. The molecular formula is C22H34N2O5S. The van der Waals surface area contributed by atoms with Gasteiger partial charge in [-0.05, 0) is 44.0 Å². The fourth-order valence-electron chi connectivity index (χ4n) is 3.43. The lowest BCUT2D eigenvalue weighted by molar-refractivity contribution is -0.143. The largest absolute Gasteiger partial charge is 0.497 e. The van der Waals surface area contributed by atoms with Crippen molar-refractivity contribution >= 4 is 23.6 Å². The Hall–Kier alpha value is -1.77. The predicted octanol–water partition coefficient (Wildman–Crippen LogP) is 2.95. The van der Waals surface area contributed by atoms with Crippen LogP contribution in [0.15, 0.2) is 24.3 Å². The van der Waals surface area contributed by atoms with E-state index in [9.17, 15) is 9.59 Å². The van der Waals surface area contributed by atoms with E-state index in [2.05, 4.69) is 4.90 Å². The second-order valence-electron chi connectivity index (χ2n) is 7.11. The van der Waals surface area contributed by atoms with Gasteiger partial charge in [-0.2, -0.15) is 0 Å². The number of carbonyl (C=O) groups is 2. The van der Waals surface area contributed by atoms with E-state index in [1.807, 2.05) is 29.2 Å². The highest BCUT2D eigenvalue weighted by Gasteiger charge is 2.31. The van der Waals surface area contributed by atoms with Crippen LogP contribution in [0.1, 0.15) is 37.1 Å². The summed E-state index contributed by atoms with van der Waals surface area (Å²) in [4.78, 5) is 28.8. The molecule has 1 amide bonds. The van der Waals surface area contributed by atoms with Crippen LogP contribution in [0.5, 0.6) is 5.75 Å². The highest BCUT2D eigenvalue weighted by atomic mass is 32.2. The molecule has 0 N–H and O–H groups in total. The monoisotopic (exact) mass is 438 g/mol. The average Bonchev–Trinajstić information content (AvgIpc) is 3.24. The second-order valence-corrected chi connectivity index (χ2v) is 8.30. The molecule has 1 aromatic carbocycles. The molecule has 7 nitrogen and oxygen atoms in total. The van der Waals surface area contributed by atoms with Gasteiger partial charge in [0.15, 0.2) is 0 Å². The highest BCUT2D eigenvalue weighted by Crippen LogP contribution is 2.38. The topological polar surface area (TPSA) is 68.3 Å². The summed E-state index contributed by atoms with van der Waals surface area (Å²) >= 11 is 1.79. The van der Waals surface area contributed by atoms with Crippen molar-refractivity contribution in [1.82, 2.24) is 9.80 Å². The Morgan fingerprint density at radius 3 is 2.57 bits per heavy atom. The van der Waals surface area contributed by atoms with Crippen LogP contribution in [0.3, 0.4) is 0 Å². The molecule has 1 heterocycles. The molecule has 1 saturated heterocycles. The zero-order valence-corrected chi connectivity index (χ0v) is 19.1. The number of hydrogen-bond donors (Lipinski definition) is 0. The Bertz CT molecular complexity index is 655. The minimum atomic E-state index is -0.184. The molecule has 0 saturated carbocycles. The SMILES string of the molecule is CCOC(=O)CCCN(CCCOC)CC(=O)N1CCS[C@@H]1c1ccc(OC)cc1. The van der Waals surface area contributed by atoms with E-state index < -0.39 is 0 Å². The number of thioether (sulfide) groups is 1. The molecule has 1 aromatic rings. The van der Waals surface area contributed by atoms with Crippen LogP contribution in [0.2, 0.25) is 0 Å². The maximum atomic E-state index is 13.1. The summed E-state index contributed by atoms with van der Waals surface area (Å²) in [5.41, 5.74) is 1.11. The Kier molecular flexibility index (Phi) is 11.0. The lowest BCUT2D eigenvalue weighted by atomic mass is 10.2. The van der Waals surface area contributed by atoms with E-state index in [4.69, 9.17) is 14.2 Å². The summed E-state index contributed by atoms with van der Waals surface area (Å²) in [5.74, 6) is 1.67. The maximum absolute atomic E-state index is 13.1. The van der Waals surface area contributed by atoms with Gasteiger partial charge in [-0.15, -0.1) is 11.8 Å². The zero-order valence-electron chi connectivity index (χ0n) is 18.3. The van der Waals surface area contributed by atoms with Gasteiger partial charge in [-0.3, -0.25) is 14.5 Å². The van der Waals surface area contributed by atoms with Crippen molar-refractivity contribution in [2.24, 2.45) is 0 Å². The lowest BCUT2D eigenvalue weighted by Crippen LogP contribution is -2.41. The van der Waals surface area contributed by atoms with Crippen LogP contribution < -0.4 is 4.74 Å². The fourth-order valence-corrected chi connectivity index (χ4v) is 4.71. The third-order valence-electron chi connectivity index (χ3n) is 4.95. The van der Waals surface area contributed by atoms with E-state index in [1.165, 1.54) is 0 Å². The van der Waals surface area contributed by atoms with Crippen molar-refractivity contribution in [3.8, 4) is 5.75 Å². The molecule has 30 heavy (non-hydrogen) atoms. The van der Waals surface area contributed by atoms with Gasteiger partial charge in [0.2, 0.25) is 5.91 Å². The summed E-state index contributed by atoms with van der Waals surface area (Å²) < 4.78 is 15.4.